The highest BCUT2D eigenvalue weighted by molar-refractivity contribution is 5.95. The Labute approximate surface area is 199 Å². The van der Waals surface area contributed by atoms with Crippen molar-refractivity contribution in [3.05, 3.63) is 89.5 Å². The van der Waals surface area contributed by atoms with Gasteiger partial charge in [-0.15, -0.1) is 0 Å². The maximum absolute atomic E-state index is 13.1. The van der Waals surface area contributed by atoms with Crippen molar-refractivity contribution in [2.75, 3.05) is 34.5 Å². The average molecular weight is 464 g/mol. The van der Waals surface area contributed by atoms with Gasteiger partial charge in [0.05, 0.1) is 21.3 Å². The number of hydrogen-bond acceptors (Lipinski definition) is 6. The van der Waals surface area contributed by atoms with E-state index in [0.29, 0.717) is 31.0 Å². The topological polar surface area (TPSA) is 74.3 Å². The Morgan fingerprint density at radius 3 is 1.88 bits per heavy atom. The quantitative estimate of drug-likeness (QED) is 0.398. The van der Waals surface area contributed by atoms with Crippen molar-refractivity contribution < 1.29 is 28.5 Å². The van der Waals surface area contributed by atoms with Gasteiger partial charge in [-0.1, -0.05) is 60.7 Å². The minimum atomic E-state index is -0.686. The van der Waals surface area contributed by atoms with E-state index in [1.54, 1.807) is 11.0 Å². The summed E-state index contributed by atoms with van der Waals surface area (Å²) in [5, 5.41) is 0. The predicted octanol–water partition coefficient (Wildman–Crippen LogP) is 4.14. The number of carbonyl (C=O) groups is 2. The predicted molar refractivity (Wildman–Crippen MR) is 128 cm³/mol. The van der Waals surface area contributed by atoms with Crippen LogP contribution >= 0.6 is 0 Å². The van der Waals surface area contributed by atoms with Gasteiger partial charge < -0.3 is 23.8 Å². The summed E-state index contributed by atoms with van der Waals surface area (Å²) in [6.07, 6.45) is 0.691. The van der Waals surface area contributed by atoms with Crippen molar-refractivity contribution in [2.24, 2.45) is 0 Å². The number of benzene rings is 3. The van der Waals surface area contributed by atoms with E-state index in [0.717, 1.165) is 11.1 Å². The van der Waals surface area contributed by atoms with E-state index in [-0.39, 0.29) is 17.2 Å². The van der Waals surface area contributed by atoms with Crippen LogP contribution in [0.3, 0.4) is 0 Å². The van der Waals surface area contributed by atoms with Crippen molar-refractivity contribution in [1.29, 1.82) is 0 Å². The zero-order valence-corrected chi connectivity index (χ0v) is 19.7. The monoisotopic (exact) mass is 463 g/mol. The van der Waals surface area contributed by atoms with E-state index in [9.17, 15) is 9.59 Å². The Morgan fingerprint density at radius 1 is 0.735 bits per heavy atom. The third-order valence-electron chi connectivity index (χ3n) is 5.33. The summed E-state index contributed by atoms with van der Waals surface area (Å²) in [4.78, 5) is 27.5. The van der Waals surface area contributed by atoms with Crippen LogP contribution in [0.25, 0.3) is 0 Å². The van der Waals surface area contributed by atoms with E-state index >= 15 is 0 Å². The molecule has 178 valence electrons. The Morgan fingerprint density at radius 2 is 1.29 bits per heavy atom. The van der Waals surface area contributed by atoms with Gasteiger partial charge in [-0.3, -0.25) is 4.79 Å². The molecule has 1 amide bonds. The summed E-state index contributed by atoms with van der Waals surface area (Å²) >= 11 is 0. The SMILES string of the molecule is COc1cc(OC)c(C(=O)OCC(=O)N(CCc2ccccc2)Cc2ccccc2)cc1OC. The second kappa shape index (κ2) is 12.3. The molecule has 0 aliphatic carbocycles. The minimum Gasteiger partial charge on any atom is -0.496 e. The zero-order valence-electron chi connectivity index (χ0n) is 19.7. The number of esters is 1. The highest BCUT2D eigenvalue weighted by Crippen LogP contribution is 2.34. The van der Waals surface area contributed by atoms with Gasteiger partial charge in [0.2, 0.25) is 0 Å². The van der Waals surface area contributed by atoms with Crippen molar-refractivity contribution in [3.8, 4) is 17.2 Å². The van der Waals surface area contributed by atoms with Crippen LogP contribution in [-0.4, -0.2) is 51.3 Å². The van der Waals surface area contributed by atoms with Crippen LogP contribution < -0.4 is 14.2 Å². The number of carbonyl (C=O) groups excluding carboxylic acids is 2. The number of amides is 1. The number of rotatable bonds is 11. The molecule has 0 saturated carbocycles. The lowest BCUT2D eigenvalue weighted by Crippen LogP contribution is -2.36. The van der Waals surface area contributed by atoms with Gasteiger partial charge >= 0.3 is 5.97 Å². The van der Waals surface area contributed by atoms with Gasteiger partial charge in [0.1, 0.15) is 11.3 Å². The second-order valence-electron chi connectivity index (χ2n) is 7.52. The van der Waals surface area contributed by atoms with Crippen molar-refractivity contribution in [2.45, 2.75) is 13.0 Å². The first kappa shape index (κ1) is 24.6. The fourth-order valence-corrected chi connectivity index (χ4v) is 3.49. The van der Waals surface area contributed by atoms with Gasteiger partial charge in [0.25, 0.3) is 5.91 Å². The van der Waals surface area contributed by atoms with Crippen LogP contribution in [0.4, 0.5) is 0 Å². The molecule has 0 N–H and O–H groups in total. The van der Waals surface area contributed by atoms with Crippen LogP contribution in [0.5, 0.6) is 17.2 Å². The maximum Gasteiger partial charge on any atom is 0.342 e. The molecule has 0 aliphatic heterocycles. The lowest BCUT2D eigenvalue weighted by molar-refractivity contribution is -0.135. The molecule has 34 heavy (non-hydrogen) atoms. The summed E-state index contributed by atoms with van der Waals surface area (Å²) in [6, 6.07) is 22.7. The van der Waals surface area contributed by atoms with Gasteiger partial charge in [-0.05, 0) is 17.5 Å². The summed E-state index contributed by atoms with van der Waals surface area (Å²) in [5.74, 6) is 0.0684. The first-order chi connectivity index (χ1) is 16.5. The molecule has 0 radical (unpaired) electrons. The van der Waals surface area contributed by atoms with E-state index in [4.69, 9.17) is 18.9 Å². The Hall–Kier alpha value is -4.00. The lowest BCUT2D eigenvalue weighted by atomic mass is 10.1. The molecule has 7 nitrogen and oxygen atoms in total. The third-order valence-corrected chi connectivity index (χ3v) is 5.33. The normalized spacial score (nSPS) is 10.3. The number of ether oxygens (including phenoxy) is 4. The first-order valence-electron chi connectivity index (χ1n) is 10.9. The van der Waals surface area contributed by atoms with E-state index in [1.165, 1.54) is 27.4 Å². The van der Waals surface area contributed by atoms with E-state index < -0.39 is 12.6 Å². The molecule has 0 atom stereocenters. The molecule has 0 aliphatic rings. The van der Waals surface area contributed by atoms with Crippen molar-refractivity contribution in [1.82, 2.24) is 4.90 Å². The molecule has 0 heterocycles. The summed E-state index contributed by atoms with van der Waals surface area (Å²) in [7, 11) is 4.40. The maximum atomic E-state index is 13.1. The lowest BCUT2D eigenvalue weighted by Gasteiger charge is -2.23. The summed E-state index contributed by atoms with van der Waals surface area (Å²) < 4.78 is 21.2. The van der Waals surface area contributed by atoms with E-state index in [2.05, 4.69) is 0 Å². The molecule has 7 heteroatoms. The Balaban J connectivity index is 1.71. The standard InChI is InChI=1S/C27H29NO6/c1-31-23-17-25(33-3)24(32-2)16-22(23)27(30)34-19-26(29)28(18-21-12-8-5-9-13-21)15-14-20-10-6-4-7-11-20/h4-13,16-17H,14-15,18-19H2,1-3H3. The fraction of sp³-hybridized carbons (Fsp3) is 0.259. The number of nitrogens with zero attached hydrogens (tertiary/aromatic N) is 1. The molecule has 0 aromatic heterocycles. The molecule has 3 aromatic rings. The number of methoxy groups -OCH3 is 3. The Kier molecular flexibility index (Phi) is 8.91. The van der Waals surface area contributed by atoms with Crippen molar-refractivity contribution >= 4 is 11.9 Å². The first-order valence-corrected chi connectivity index (χ1v) is 10.9. The molecule has 3 rings (SSSR count). The molecule has 0 fully saturated rings. The third kappa shape index (κ3) is 6.51. The van der Waals surface area contributed by atoms with Gasteiger partial charge in [0, 0.05) is 25.2 Å². The second-order valence-corrected chi connectivity index (χ2v) is 7.52. The molecule has 0 spiro atoms. The highest BCUT2D eigenvalue weighted by atomic mass is 16.5. The Bertz CT molecular complexity index is 1090. The minimum absolute atomic E-state index is 0.145. The van der Waals surface area contributed by atoms with Crippen LogP contribution in [0, 0.1) is 0 Å². The van der Waals surface area contributed by atoms with Crippen LogP contribution in [0.1, 0.15) is 21.5 Å². The molecule has 3 aromatic carbocycles. The van der Waals surface area contributed by atoms with Gasteiger partial charge in [0.15, 0.2) is 18.1 Å². The average Bonchev–Trinajstić information content (AvgIpc) is 2.89. The highest BCUT2D eigenvalue weighted by Gasteiger charge is 2.22. The van der Waals surface area contributed by atoms with Gasteiger partial charge in [-0.25, -0.2) is 4.79 Å². The molecule has 0 bridgehead atoms. The largest absolute Gasteiger partial charge is 0.496 e. The fourth-order valence-electron chi connectivity index (χ4n) is 3.49. The molecular weight excluding hydrogens is 434 g/mol. The molecular formula is C27H29NO6. The smallest absolute Gasteiger partial charge is 0.342 e. The summed E-state index contributed by atoms with van der Waals surface area (Å²) in [5.41, 5.74) is 2.27. The molecule has 0 unspecified atom stereocenters. The van der Waals surface area contributed by atoms with Crippen LogP contribution in [0.15, 0.2) is 72.8 Å². The van der Waals surface area contributed by atoms with Crippen LogP contribution in [0.2, 0.25) is 0 Å². The molecule has 0 saturated heterocycles. The van der Waals surface area contributed by atoms with Crippen LogP contribution in [-0.2, 0) is 22.5 Å². The number of hydrogen-bond donors (Lipinski definition) is 0. The zero-order chi connectivity index (χ0) is 24.3. The van der Waals surface area contributed by atoms with Gasteiger partial charge in [-0.2, -0.15) is 0 Å². The van der Waals surface area contributed by atoms with E-state index in [1.807, 2.05) is 60.7 Å². The summed E-state index contributed by atoms with van der Waals surface area (Å²) in [6.45, 7) is 0.524. The van der Waals surface area contributed by atoms with Crippen molar-refractivity contribution in [3.63, 3.8) is 0 Å².